The fourth-order valence-electron chi connectivity index (χ4n) is 2.75. The summed E-state index contributed by atoms with van der Waals surface area (Å²) in [5.41, 5.74) is 6.22. The highest BCUT2D eigenvalue weighted by molar-refractivity contribution is 5.90. The van der Waals surface area contributed by atoms with Crippen molar-refractivity contribution in [2.75, 3.05) is 0 Å². The van der Waals surface area contributed by atoms with Gasteiger partial charge in [-0.1, -0.05) is 43.2 Å². The number of benzene rings is 1. The molecule has 5 heteroatoms. The monoisotopic (exact) mass is 290 g/mol. The number of nitrogens with one attached hydrogen (secondary N) is 1. The third kappa shape index (κ3) is 4.04. The maximum absolute atomic E-state index is 12.2. The molecule has 1 atom stereocenters. The highest BCUT2D eigenvalue weighted by atomic mass is 16.4. The van der Waals surface area contributed by atoms with E-state index in [1.807, 2.05) is 30.3 Å². The Hall–Kier alpha value is -1.88. The van der Waals surface area contributed by atoms with E-state index < -0.39 is 17.6 Å². The van der Waals surface area contributed by atoms with Crippen LogP contribution in [0.5, 0.6) is 0 Å². The molecule has 0 bridgehead atoms. The largest absolute Gasteiger partial charge is 0.480 e. The van der Waals surface area contributed by atoms with Gasteiger partial charge in [-0.05, 0) is 31.2 Å². The van der Waals surface area contributed by atoms with E-state index in [1.54, 1.807) is 0 Å². The van der Waals surface area contributed by atoms with E-state index in [9.17, 15) is 14.7 Å². The zero-order valence-electron chi connectivity index (χ0n) is 12.0. The van der Waals surface area contributed by atoms with Crippen molar-refractivity contribution in [1.29, 1.82) is 0 Å². The quantitative estimate of drug-likeness (QED) is 0.739. The van der Waals surface area contributed by atoms with Crippen molar-refractivity contribution in [2.24, 2.45) is 5.73 Å². The summed E-state index contributed by atoms with van der Waals surface area (Å²) in [6.07, 6.45) is 4.07. The lowest BCUT2D eigenvalue weighted by Gasteiger charge is -2.25. The summed E-state index contributed by atoms with van der Waals surface area (Å²) in [7, 11) is 0. The molecule has 1 aliphatic carbocycles. The van der Waals surface area contributed by atoms with Crippen molar-refractivity contribution in [3.8, 4) is 0 Å². The van der Waals surface area contributed by atoms with Crippen LogP contribution >= 0.6 is 0 Å². The molecule has 1 saturated carbocycles. The maximum atomic E-state index is 12.2. The minimum atomic E-state index is -1.01. The summed E-state index contributed by atoms with van der Waals surface area (Å²) >= 11 is 0. The Labute approximate surface area is 124 Å². The Morgan fingerprint density at radius 2 is 1.86 bits per heavy atom. The second-order valence-electron chi connectivity index (χ2n) is 5.75. The van der Waals surface area contributed by atoms with Crippen LogP contribution in [0, 0.1) is 0 Å². The van der Waals surface area contributed by atoms with Crippen LogP contribution in [0.2, 0.25) is 0 Å². The van der Waals surface area contributed by atoms with Crippen molar-refractivity contribution in [2.45, 2.75) is 50.1 Å². The molecular weight excluding hydrogens is 268 g/mol. The second-order valence-corrected chi connectivity index (χ2v) is 5.75. The lowest BCUT2D eigenvalue weighted by atomic mass is 9.97. The second kappa shape index (κ2) is 6.72. The van der Waals surface area contributed by atoms with Crippen LogP contribution in [0.4, 0.5) is 0 Å². The molecule has 1 aromatic carbocycles. The summed E-state index contributed by atoms with van der Waals surface area (Å²) in [6, 6.07) is 8.75. The van der Waals surface area contributed by atoms with Gasteiger partial charge in [-0.2, -0.15) is 0 Å². The number of aliphatic carboxylic acids is 1. The van der Waals surface area contributed by atoms with Gasteiger partial charge in [-0.15, -0.1) is 0 Å². The molecule has 0 heterocycles. The molecule has 114 valence electrons. The summed E-state index contributed by atoms with van der Waals surface area (Å²) in [5, 5.41) is 11.9. The summed E-state index contributed by atoms with van der Waals surface area (Å²) < 4.78 is 0. The van der Waals surface area contributed by atoms with E-state index in [4.69, 9.17) is 5.73 Å². The molecule has 0 saturated heterocycles. The Morgan fingerprint density at radius 1 is 1.24 bits per heavy atom. The number of hydrogen-bond donors (Lipinski definition) is 3. The van der Waals surface area contributed by atoms with Crippen molar-refractivity contribution >= 4 is 11.9 Å². The fraction of sp³-hybridized carbons (Fsp3) is 0.500. The zero-order valence-corrected chi connectivity index (χ0v) is 12.0. The first kappa shape index (κ1) is 15.5. The Balaban J connectivity index is 1.93. The molecule has 0 aromatic heterocycles. The van der Waals surface area contributed by atoms with E-state index in [0.717, 1.165) is 18.4 Å². The minimum Gasteiger partial charge on any atom is -0.480 e. The van der Waals surface area contributed by atoms with Crippen LogP contribution in [-0.4, -0.2) is 28.6 Å². The topological polar surface area (TPSA) is 92.4 Å². The van der Waals surface area contributed by atoms with Gasteiger partial charge in [0.2, 0.25) is 5.91 Å². The number of rotatable bonds is 6. The number of nitrogens with two attached hydrogens (primary N) is 1. The molecule has 0 spiro atoms. The van der Waals surface area contributed by atoms with Crippen molar-refractivity contribution in [1.82, 2.24) is 5.32 Å². The van der Waals surface area contributed by atoms with Gasteiger partial charge in [0, 0.05) is 0 Å². The van der Waals surface area contributed by atoms with Gasteiger partial charge in [-0.25, -0.2) is 4.79 Å². The third-order valence-electron chi connectivity index (χ3n) is 4.12. The van der Waals surface area contributed by atoms with E-state index in [2.05, 4.69) is 5.32 Å². The van der Waals surface area contributed by atoms with Gasteiger partial charge in [0.1, 0.15) is 6.04 Å². The van der Waals surface area contributed by atoms with Gasteiger partial charge in [-0.3, -0.25) is 4.79 Å². The van der Waals surface area contributed by atoms with E-state index in [1.165, 1.54) is 0 Å². The molecule has 1 amide bonds. The number of carboxylic acids is 1. The summed E-state index contributed by atoms with van der Waals surface area (Å²) in [5.74, 6) is -1.35. The van der Waals surface area contributed by atoms with E-state index in [0.29, 0.717) is 25.7 Å². The van der Waals surface area contributed by atoms with E-state index >= 15 is 0 Å². The highest BCUT2D eigenvalue weighted by Crippen LogP contribution is 2.27. The predicted octanol–water partition coefficient (Wildman–Crippen LogP) is 1.46. The van der Waals surface area contributed by atoms with Crippen molar-refractivity contribution in [3.05, 3.63) is 35.9 Å². The average Bonchev–Trinajstić information content (AvgIpc) is 2.92. The van der Waals surface area contributed by atoms with Gasteiger partial charge in [0.15, 0.2) is 0 Å². The first-order chi connectivity index (χ1) is 10.0. The van der Waals surface area contributed by atoms with Gasteiger partial charge in [0.25, 0.3) is 0 Å². The maximum Gasteiger partial charge on any atom is 0.326 e. The molecule has 1 fully saturated rings. The summed E-state index contributed by atoms with van der Waals surface area (Å²) in [4.78, 5) is 23.5. The van der Waals surface area contributed by atoms with Crippen LogP contribution in [0.3, 0.4) is 0 Å². The van der Waals surface area contributed by atoms with Crippen LogP contribution < -0.4 is 11.1 Å². The first-order valence-electron chi connectivity index (χ1n) is 7.38. The summed E-state index contributed by atoms with van der Waals surface area (Å²) in [6.45, 7) is 0. The van der Waals surface area contributed by atoms with Gasteiger partial charge >= 0.3 is 5.97 Å². The number of hydrogen-bond acceptors (Lipinski definition) is 3. The molecule has 1 unspecified atom stereocenters. The molecule has 21 heavy (non-hydrogen) atoms. The number of carbonyl (C=O) groups excluding carboxylic acids is 1. The molecule has 0 aliphatic heterocycles. The number of carboxylic acid groups (broad SMARTS) is 1. The third-order valence-corrected chi connectivity index (χ3v) is 4.12. The SMILES string of the molecule is NC1(C(=O)NC(CCc2ccccc2)C(=O)O)CCCC1. The Morgan fingerprint density at radius 3 is 2.43 bits per heavy atom. The lowest BCUT2D eigenvalue weighted by molar-refractivity contribution is -0.142. The van der Waals surface area contributed by atoms with Crippen molar-refractivity contribution < 1.29 is 14.7 Å². The Bertz CT molecular complexity index is 496. The molecular formula is C16H22N2O3. The number of amides is 1. The van der Waals surface area contributed by atoms with Crippen LogP contribution in [-0.2, 0) is 16.0 Å². The average molecular weight is 290 g/mol. The minimum absolute atomic E-state index is 0.333. The molecule has 4 N–H and O–H groups in total. The molecule has 1 aromatic rings. The van der Waals surface area contributed by atoms with Crippen LogP contribution in [0.25, 0.3) is 0 Å². The standard InChI is InChI=1S/C16H22N2O3/c17-16(10-4-5-11-16)15(21)18-13(14(19)20)9-8-12-6-2-1-3-7-12/h1-3,6-7,13H,4-5,8-11,17H2,(H,18,21)(H,19,20). The van der Waals surface area contributed by atoms with E-state index in [-0.39, 0.29) is 5.91 Å². The number of carbonyl (C=O) groups is 2. The van der Waals surface area contributed by atoms with Crippen molar-refractivity contribution in [3.63, 3.8) is 0 Å². The normalized spacial score (nSPS) is 18.1. The first-order valence-corrected chi connectivity index (χ1v) is 7.38. The number of aryl methyl sites for hydroxylation is 1. The van der Waals surface area contributed by atoms with Gasteiger partial charge < -0.3 is 16.2 Å². The van der Waals surface area contributed by atoms with Crippen LogP contribution in [0.15, 0.2) is 30.3 Å². The fourth-order valence-corrected chi connectivity index (χ4v) is 2.75. The van der Waals surface area contributed by atoms with Crippen LogP contribution in [0.1, 0.15) is 37.7 Å². The zero-order chi connectivity index (χ0) is 15.3. The lowest BCUT2D eigenvalue weighted by Crippen LogP contribution is -2.56. The smallest absolute Gasteiger partial charge is 0.326 e. The predicted molar refractivity (Wildman–Crippen MR) is 79.7 cm³/mol. The highest BCUT2D eigenvalue weighted by Gasteiger charge is 2.38. The van der Waals surface area contributed by atoms with Gasteiger partial charge in [0.05, 0.1) is 5.54 Å². The molecule has 2 rings (SSSR count). The molecule has 0 radical (unpaired) electrons. The molecule has 1 aliphatic rings. The molecule has 5 nitrogen and oxygen atoms in total. The Kier molecular flexibility index (Phi) is 4.96.